The molecule has 0 atom stereocenters. The highest BCUT2D eigenvalue weighted by Gasteiger charge is 2.13. The van der Waals surface area contributed by atoms with Crippen molar-refractivity contribution in [3.05, 3.63) is 32.1 Å². The highest BCUT2D eigenvalue weighted by atomic mass is 79.9. The molecule has 2 aromatic rings. The monoisotopic (exact) mass is 368 g/mol. The summed E-state index contributed by atoms with van der Waals surface area (Å²) in [7, 11) is 0. The fourth-order valence-corrected chi connectivity index (χ4v) is 3.29. The van der Waals surface area contributed by atoms with Crippen LogP contribution in [0.25, 0.3) is 0 Å². The van der Waals surface area contributed by atoms with Crippen LogP contribution in [-0.4, -0.2) is 21.5 Å². The van der Waals surface area contributed by atoms with Gasteiger partial charge in [-0.25, -0.2) is 15.0 Å². The minimum Gasteiger partial charge on any atom is -0.369 e. The van der Waals surface area contributed by atoms with Crippen LogP contribution < -0.4 is 5.32 Å². The van der Waals surface area contributed by atoms with E-state index in [1.807, 2.05) is 6.92 Å². The molecule has 0 aliphatic carbocycles. The van der Waals surface area contributed by atoms with Crippen molar-refractivity contribution in [2.75, 3.05) is 11.9 Å². The lowest BCUT2D eigenvalue weighted by atomic mass is 10.2. The minimum absolute atomic E-state index is 0.698. The van der Waals surface area contributed by atoms with Gasteiger partial charge in [-0.2, -0.15) is 0 Å². The number of nitrogens with one attached hydrogen (secondary N) is 1. The molecule has 0 bridgehead atoms. The van der Waals surface area contributed by atoms with Crippen molar-refractivity contribution in [3.63, 3.8) is 0 Å². The third-order valence-electron chi connectivity index (χ3n) is 2.97. The lowest BCUT2D eigenvalue weighted by Crippen LogP contribution is -2.09. The number of nitrogens with zero attached hydrogens (tertiary/aromatic N) is 3. The Morgan fingerprint density at radius 3 is 2.62 bits per heavy atom. The minimum atomic E-state index is 0.698. The molecule has 0 unspecified atom stereocenters. The van der Waals surface area contributed by atoms with Gasteiger partial charge in [0.15, 0.2) is 0 Å². The van der Waals surface area contributed by atoms with E-state index in [1.54, 1.807) is 11.3 Å². The van der Waals surface area contributed by atoms with Crippen LogP contribution in [0.4, 0.5) is 5.82 Å². The number of aryl methyl sites for hydroxylation is 2. The van der Waals surface area contributed by atoms with E-state index in [1.165, 1.54) is 0 Å². The van der Waals surface area contributed by atoms with E-state index in [2.05, 4.69) is 50.4 Å². The third-order valence-corrected chi connectivity index (χ3v) is 4.77. The van der Waals surface area contributed by atoms with Gasteiger partial charge in [0.1, 0.15) is 16.6 Å². The molecule has 0 radical (unpaired) electrons. The Hall–Kier alpha value is -1.01. The molecule has 1 N–H and O–H groups in total. The topological polar surface area (TPSA) is 50.7 Å². The molecule has 0 spiro atoms. The van der Waals surface area contributed by atoms with Crippen LogP contribution in [-0.2, 0) is 12.8 Å². The highest BCUT2D eigenvalue weighted by Crippen LogP contribution is 2.26. The van der Waals surface area contributed by atoms with E-state index in [-0.39, 0.29) is 0 Å². The van der Waals surface area contributed by atoms with E-state index >= 15 is 0 Å². The molecule has 2 heterocycles. The van der Waals surface area contributed by atoms with Gasteiger partial charge >= 0.3 is 0 Å². The van der Waals surface area contributed by atoms with Crippen molar-refractivity contribution in [1.82, 2.24) is 15.0 Å². The molecular formula is C15H21BrN4S. The molecule has 114 valence electrons. The van der Waals surface area contributed by atoms with E-state index in [0.717, 1.165) is 58.3 Å². The number of halogens is 1. The Balaban J connectivity index is 2.28. The van der Waals surface area contributed by atoms with Crippen LogP contribution in [0, 0.1) is 6.92 Å². The van der Waals surface area contributed by atoms with Crippen LogP contribution in [0.3, 0.4) is 0 Å². The maximum atomic E-state index is 4.70. The summed E-state index contributed by atoms with van der Waals surface area (Å²) in [5.41, 5.74) is 2.14. The molecule has 2 rings (SSSR count). The summed E-state index contributed by atoms with van der Waals surface area (Å²) < 4.78 is 0.997. The predicted octanol–water partition coefficient (Wildman–Crippen LogP) is 4.37. The van der Waals surface area contributed by atoms with E-state index in [4.69, 9.17) is 4.98 Å². The lowest BCUT2D eigenvalue weighted by Gasteiger charge is -2.12. The highest BCUT2D eigenvalue weighted by molar-refractivity contribution is 9.10. The van der Waals surface area contributed by atoms with Gasteiger partial charge in [-0.1, -0.05) is 20.3 Å². The lowest BCUT2D eigenvalue weighted by molar-refractivity contribution is 0.828. The number of aromatic nitrogens is 3. The number of hydrogen-bond donors (Lipinski definition) is 1. The van der Waals surface area contributed by atoms with Gasteiger partial charge in [0.25, 0.3) is 0 Å². The Bertz CT molecular complexity index is 597. The average Bonchev–Trinajstić information content (AvgIpc) is 2.86. The molecular weight excluding hydrogens is 348 g/mol. The van der Waals surface area contributed by atoms with E-state index in [9.17, 15) is 0 Å². The zero-order chi connectivity index (χ0) is 15.2. The Labute approximate surface area is 138 Å². The van der Waals surface area contributed by atoms with Gasteiger partial charge in [0.2, 0.25) is 0 Å². The Morgan fingerprint density at radius 2 is 2.00 bits per heavy atom. The van der Waals surface area contributed by atoms with Crippen molar-refractivity contribution in [2.24, 2.45) is 0 Å². The van der Waals surface area contributed by atoms with Crippen molar-refractivity contribution in [1.29, 1.82) is 0 Å². The number of thiazole rings is 1. The molecule has 0 aliphatic heterocycles. The second-order valence-electron chi connectivity index (χ2n) is 4.99. The van der Waals surface area contributed by atoms with E-state index in [0.29, 0.717) is 6.42 Å². The molecule has 0 fully saturated rings. The van der Waals surface area contributed by atoms with Crippen LogP contribution in [0.5, 0.6) is 0 Å². The first kappa shape index (κ1) is 16.4. The maximum Gasteiger partial charge on any atom is 0.144 e. The molecule has 0 aromatic carbocycles. The van der Waals surface area contributed by atoms with Crippen LogP contribution in [0.15, 0.2) is 9.85 Å². The quantitative estimate of drug-likeness (QED) is 0.788. The van der Waals surface area contributed by atoms with Crippen molar-refractivity contribution in [2.45, 2.75) is 46.5 Å². The average molecular weight is 369 g/mol. The number of hydrogen-bond acceptors (Lipinski definition) is 5. The first-order valence-corrected chi connectivity index (χ1v) is 9.01. The molecule has 0 saturated carbocycles. The summed E-state index contributed by atoms with van der Waals surface area (Å²) >= 11 is 5.30. The van der Waals surface area contributed by atoms with E-state index < -0.39 is 0 Å². The number of rotatable bonds is 7. The molecule has 0 amide bonds. The second kappa shape index (κ2) is 7.84. The SMILES string of the molecule is CCCNc1nc(Cc2nc(C)cs2)nc(CCC)c1Br. The molecule has 4 nitrogen and oxygen atoms in total. The summed E-state index contributed by atoms with van der Waals surface area (Å²) in [6.07, 6.45) is 3.79. The summed E-state index contributed by atoms with van der Waals surface area (Å²) in [5.74, 6) is 1.74. The second-order valence-corrected chi connectivity index (χ2v) is 6.72. The summed E-state index contributed by atoms with van der Waals surface area (Å²) in [5, 5.41) is 6.51. The first-order chi connectivity index (χ1) is 10.1. The summed E-state index contributed by atoms with van der Waals surface area (Å²) in [6.45, 7) is 7.24. The van der Waals surface area contributed by atoms with Gasteiger partial charge in [-0.15, -0.1) is 11.3 Å². The van der Waals surface area contributed by atoms with Gasteiger partial charge in [0.05, 0.1) is 16.6 Å². The van der Waals surface area contributed by atoms with Gasteiger partial charge in [-0.3, -0.25) is 0 Å². The van der Waals surface area contributed by atoms with Crippen molar-refractivity contribution < 1.29 is 0 Å². The van der Waals surface area contributed by atoms with Gasteiger partial charge in [0, 0.05) is 17.6 Å². The summed E-state index contributed by atoms with van der Waals surface area (Å²) in [4.78, 5) is 13.9. The maximum absolute atomic E-state index is 4.70. The van der Waals surface area contributed by atoms with Gasteiger partial charge in [-0.05, 0) is 35.7 Å². The molecule has 6 heteroatoms. The molecule has 2 aromatic heterocycles. The van der Waals surface area contributed by atoms with Crippen LogP contribution >= 0.6 is 27.3 Å². The molecule has 21 heavy (non-hydrogen) atoms. The standard InChI is InChI=1S/C15H21BrN4S/c1-4-6-11-14(16)15(17-7-5-2)20-12(19-11)8-13-18-10(3)9-21-13/h9H,4-8H2,1-3H3,(H,17,19,20). The third kappa shape index (κ3) is 4.48. The first-order valence-electron chi connectivity index (χ1n) is 7.34. The van der Waals surface area contributed by atoms with Gasteiger partial charge < -0.3 is 5.32 Å². The molecule has 0 saturated heterocycles. The van der Waals surface area contributed by atoms with Crippen molar-refractivity contribution in [3.8, 4) is 0 Å². The Kier molecular flexibility index (Phi) is 6.11. The molecule has 0 aliphatic rings. The fourth-order valence-electron chi connectivity index (χ4n) is 2.01. The Morgan fingerprint density at radius 1 is 1.19 bits per heavy atom. The normalized spacial score (nSPS) is 10.9. The number of anilines is 1. The van der Waals surface area contributed by atoms with Crippen LogP contribution in [0.1, 0.15) is 48.9 Å². The van der Waals surface area contributed by atoms with Crippen molar-refractivity contribution >= 4 is 33.1 Å². The predicted molar refractivity (Wildman–Crippen MR) is 92.2 cm³/mol. The zero-order valence-corrected chi connectivity index (χ0v) is 15.1. The van der Waals surface area contributed by atoms with Crippen LogP contribution in [0.2, 0.25) is 0 Å². The summed E-state index contributed by atoms with van der Waals surface area (Å²) in [6, 6.07) is 0. The fraction of sp³-hybridized carbons (Fsp3) is 0.533. The zero-order valence-electron chi connectivity index (χ0n) is 12.7. The largest absolute Gasteiger partial charge is 0.369 e. The smallest absolute Gasteiger partial charge is 0.144 e.